The lowest BCUT2D eigenvalue weighted by Gasteiger charge is -2.29. The van der Waals surface area contributed by atoms with Crippen LogP contribution in [-0.2, 0) is 9.47 Å². The quantitative estimate of drug-likeness (QED) is 0.365. The first-order valence-corrected chi connectivity index (χ1v) is 12.1. The molecule has 0 bridgehead atoms. The first kappa shape index (κ1) is 20.7. The fourth-order valence-electron chi connectivity index (χ4n) is 3.77. The maximum absolute atomic E-state index is 5.88. The van der Waals surface area contributed by atoms with Gasteiger partial charge in [-0.25, -0.2) is 0 Å². The molecule has 3 aromatic carbocycles. The van der Waals surface area contributed by atoms with Crippen molar-refractivity contribution in [1.82, 2.24) is 0 Å². The van der Waals surface area contributed by atoms with Crippen LogP contribution in [0.5, 0.6) is 0 Å². The molecule has 0 radical (unpaired) electrons. The van der Waals surface area contributed by atoms with Gasteiger partial charge in [0.05, 0.1) is 6.16 Å². The molecule has 3 aromatic rings. The Morgan fingerprint density at radius 2 is 0.964 bits per heavy atom. The number of benzene rings is 3. The molecule has 146 valence electrons. The summed E-state index contributed by atoms with van der Waals surface area (Å²) in [5.41, 5.74) is 0. The molecule has 0 aliphatic carbocycles. The van der Waals surface area contributed by atoms with Gasteiger partial charge in [-0.1, -0.05) is 54.6 Å². The normalized spacial score (nSPS) is 11.7. The Balaban J connectivity index is 2.11. The van der Waals surface area contributed by atoms with Crippen LogP contribution in [0.2, 0.25) is 0 Å². The monoisotopic (exact) mass is 393 g/mol. The predicted molar refractivity (Wildman–Crippen MR) is 122 cm³/mol. The summed E-state index contributed by atoms with van der Waals surface area (Å²) in [6.07, 6.45) is 1.72. The molecule has 2 nitrogen and oxygen atoms in total. The summed E-state index contributed by atoms with van der Waals surface area (Å²) < 4.78 is 11.8. The van der Waals surface area contributed by atoms with E-state index in [1.165, 1.54) is 15.9 Å². The summed E-state index contributed by atoms with van der Waals surface area (Å²) in [6, 6.07) is 32.9. The van der Waals surface area contributed by atoms with Gasteiger partial charge in [-0.3, -0.25) is 0 Å². The first-order valence-electron chi connectivity index (χ1n) is 10.1. The SMILES string of the molecule is CCOC(CC[P+](c1ccccc1)(c1ccccc1)c1ccccc1)OCC. The molecule has 0 amide bonds. The van der Waals surface area contributed by atoms with Gasteiger partial charge < -0.3 is 9.47 Å². The van der Waals surface area contributed by atoms with E-state index in [0.29, 0.717) is 13.2 Å². The second-order valence-corrected chi connectivity index (χ2v) is 10.3. The molecular formula is C25H30O2P+. The van der Waals surface area contributed by atoms with Crippen molar-refractivity contribution in [1.29, 1.82) is 0 Å². The van der Waals surface area contributed by atoms with E-state index in [4.69, 9.17) is 9.47 Å². The van der Waals surface area contributed by atoms with E-state index in [1.54, 1.807) is 0 Å². The minimum Gasteiger partial charge on any atom is -0.353 e. The highest BCUT2D eigenvalue weighted by Crippen LogP contribution is 2.56. The first-order chi connectivity index (χ1) is 13.8. The lowest BCUT2D eigenvalue weighted by atomic mass is 10.3. The summed E-state index contributed by atoms with van der Waals surface area (Å²) in [5.74, 6) is 0. The molecule has 0 atom stereocenters. The number of rotatable bonds is 10. The largest absolute Gasteiger partial charge is 0.353 e. The molecule has 0 unspecified atom stereocenters. The molecule has 28 heavy (non-hydrogen) atoms. The predicted octanol–water partition coefficient (Wildman–Crippen LogP) is 4.77. The summed E-state index contributed by atoms with van der Waals surface area (Å²) in [5, 5.41) is 4.21. The molecular weight excluding hydrogens is 363 g/mol. The van der Waals surface area contributed by atoms with Crippen molar-refractivity contribution < 1.29 is 9.47 Å². The van der Waals surface area contributed by atoms with Crippen molar-refractivity contribution in [2.75, 3.05) is 19.4 Å². The van der Waals surface area contributed by atoms with E-state index in [9.17, 15) is 0 Å². The molecule has 0 aliphatic rings. The maximum Gasteiger partial charge on any atom is 0.161 e. The summed E-state index contributed by atoms with van der Waals surface area (Å²) in [4.78, 5) is 0. The van der Waals surface area contributed by atoms with Gasteiger partial charge in [-0.2, -0.15) is 0 Å². The number of hydrogen-bond acceptors (Lipinski definition) is 2. The molecule has 0 heterocycles. The second-order valence-electron chi connectivity index (χ2n) is 6.67. The summed E-state index contributed by atoms with van der Waals surface area (Å²) in [7, 11) is -1.81. The Morgan fingerprint density at radius 3 is 1.29 bits per heavy atom. The van der Waals surface area contributed by atoms with E-state index < -0.39 is 7.26 Å². The van der Waals surface area contributed by atoms with Gasteiger partial charge in [-0.05, 0) is 50.2 Å². The van der Waals surface area contributed by atoms with Crippen LogP contribution >= 0.6 is 7.26 Å². The molecule has 0 fully saturated rings. The third kappa shape index (κ3) is 4.70. The maximum atomic E-state index is 5.88. The van der Waals surface area contributed by atoms with Crippen molar-refractivity contribution in [3.8, 4) is 0 Å². The zero-order valence-electron chi connectivity index (χ0n) is 16.8. The minimum absolute atomic E-state index is 0.162. The highest BCUT2D eigenvalue weighted by atomic mass is 31.2. The second kappa shape index (κ2) is 10.5. The van der Waals surface area contributed by atoms with Gasteiger partial charge in [0.25, 0.3) is 0 Å². The Bertz CT molecular complexity index is 703. The zero-order valence-corrected chi connectivity index (χ0v) is 17.7. The third-order valence-corrected chi connectivity index (χ3v) is 9.46. The Morgan fingerprint density at radius 1 is 0.607 bits per heavy atom. The molecule has 0 N–H and O–H groups in total. The third-order valence-electron chi connectivity index (χ3n) is 5.00. The number of ether oxygens (including phenoxy) is 2. The smallest absolute Gasteiger partial charge is 0.161 e. The van der Waals surface area contributed by atoms with Gasteiger partial charge in [0.15, 0.2) is 6.29 Å². The van der Waals surface area contributed by atoms with Crippen LogP contribution in [-0.4, -0.2) is 25.7 Å². The van der Waals surface area contributed by atoms with Crippen LogP contribution in [0, 0.1) is 0 Å². The van der Waals surface area contributed by atoms with Gasteiger partial charge in [0, 0.05) is 19.6 Å². The van der Waals surface area contributed by atoms with Crippen LogP contribution < -0.4 is 15.9 Å². The van der Waals surface area contributed by atoms with Crippen LogP contribution in [0.4, 0.5) is 0 Å². The van der Waals surface area contributed by atoms with Crippen molar-refractivity contribution in [2.24, 2.45) is 0 Å². The van der Waals surface area contributed by atoms with E-state index >= 15 is 0 Å². The molecule has 0 aliphatic heterocycles. The van der Waals surface area contributed by atoms with Crippen LogP contribution in [0.3, 0.4) is 0 Å². The average molecular weight is 393 g/mol. The van der Waals surface area contributed by atoms with Crippen molar-refractivity contribution in [3.63, 3.8) is 0 Å². The highest BCUT2D eigenvalue weighted by molar-refractivity contribution is 7.95. The van der Waals surface area contributed by atoms with E-state index in [1.807, 2.05) is 13.8 Å². The van der Waals surface area contributed by atoms with E-state index in [0.717, 1.165) is 12.6 Å². The fraction of sp³-hybridized carbons (Fsp3) is 0.280. The van der Waals surface area contributed by atoms with Crippen LogP contribution in [0.25, 0.3) is 0 Å². The molecule has 0 saturated carbocycles. The summed E-state index contributed by atoms with van der Waals surface area (Å²) in [6.45, 7) is 5.39. The standard InChI is InChI=1S/C25H30O2P/c1-3-26-25(27-4-2)20-21-28(22-14-8-5-9-15-22,23-16-10-6-11-17-23)24-18-12-7-13-19-24/h5-19,25H,3-4,20-21H2,1-2H3/q+1. The van der Waals surface area contributed by atoms with E-state index in [-0.39, 0.29) is 6.29 Å². The number of hydrogen-bond donors (Lipinski definition) is 0. The Hall–Kier alpha value is -1.99. The van der Waals surface area contributed by atoms with E-state index in [2.05, 4.69) is 91.0 Å². The van der Waals surface area contributed by atoms with Gasteiger partial charge in [0.1, 0.15) is 23.2 Å². The summed E-state index contributed by atoms with van der Waals surface area (Å²) >= 11 is 0. The highest BCUT2D eigenvalue weighted by Gasteiger charge is 2.45. The van der Waals surface area contributed by atoms with Crippen molar-refractivity contribution in [2.45, 2.75) is 26.6 Å². The topological polar surface area (TPSA) is 18.5 Å². The zero-order chi connectivity index (χ0) is 19.7. The Labute approximate surface area is 169 Å². The van der Waals surface area contributed by atoms with Crippen LogP contribution in [0.1, 0.15) is 20.3 Å². The molecule has 3 heteroatoms. The molecule has 0 saturated heterocycles. The van der Waals surface area contributed by atoms with Crippen molar-refractivity contribution in [3.05, 3.63) is 91.0 Å². The lowest BCUT2D eigenvalue weighted by Crippen LogP contribution is -2.35. The van der Waals surface area contributed by atoms with Gasteiger partial charge in [-0.15, -0.1) is 0 Å². The minimum atomic E-state index is -1.81. The van der Waals surface area contributed by atoms with Crippen molar-refractivity contribution >= 4 is 23.2 Å². The Kier molecular flexibility index (Phi) is 7.80. The van der Waals surface area contributed by atoms with Gasteiger partial charge >= 0.3 is 0 Å². The van der Waals surface area contributed by atoms with Crippen LogP contribution in [0.15, 0.2) is 91.0 Å². The molecule has 0 spiro atoms. The average Bonchev–Trinajstić information content (AvgIpc) is 2.77. The fourth-order valence-corrected chi connectivity index (χ4v) is 8.08. The molecule has 0 aromatic heterocycles. The lowest BCUT2D eigenvalue weighted by molar-refractivity contribution is -0.136. The molecule has 3 rings (SSSR count). The van der Waals surface area contributed by atoms with Gasteiger partial charge in [0.2, 0.25) is 0 Å².